The molecule has 0 saturated heterocycles. The third-order valence-corrected chi connectivity index (χ3v) is 4.28. The van der Waals surface area contributed by atoms with Crippen molar-refractivity contribution < 1.29 is 13.9 Å². The first-order valence-electron chi connectivity index (χ1n) is 7.22. The summed E-state index contributed by atoms with van der Waals surface area (Å²) in [6, 6.07) is 14.2. The molecule has 1 aromatic heterocycles. The molecule has 0 radical (unpaired) electrons. The van der Waals surface area contributed by atoms with Crippen LogP contribution in [0.25, 0.3) is 10.6 Å². The van der Waals surface area contributed by atoms with E-state index in [-0.39, 0.29) is 11.6 Å². The van der Waals surface area contributed by atoms with Crippen LogP contribution in [-0.4, -0.2) is 18.7 Å². The number of methoxy groups -OCH3 is 1. The summed E-state index contributed by atoms with van der Waals surface area (Å²) in [5.74, 6) is 0.756. The highest BCUT2D eigenvalue weighted by molar-refractivity contribution is 7.13. The van der Waals surface area contributed by atoms with Crippen molar-refractivity contribution in [1.29, 1.82) is 0 Å². The molecule has 0 unspecified atom stereocenters. The van der Waals surface area contributed by atoms with E-state index in [4.69, 9.17) is 9.47 Å². The monoisotopic (exact) mass is 329 g/mol. The van der Waals surface area contributed by atoms with Gasteiger partial charge in [-0.15, -0.1) is 11.3 Å². The van der Waals surface area contributed by atoms with Gasteiger partial charge in [-0.2, -0.15) is 0 Å². The van der Waals surface area contributed by atoms with Gasteiger partial charge in [-0.05, 0) is 36.4 Å². The van der Waals surface area contributed by atoms with Gasteiger partial charge in [0.2, 0.25) is 0 Å². The number of para-hydroxylation sites is 1. The first kappa shape index (κ1) is 15.5. The Balaban J connectivity index is 1.60. The van der Waals surface area contributed by atoms with E-state index in [1.807, 2.05) is 29.6 Å². The van der Waals surface area contributed by atoms with E-state index in [2.05, 4.69) is 4.98 Å². The van der Waals surface area contributed by atoms with Crippen LogP contribution in [0, 0.1) is 5.82 Å². The van der Waals surface area contributed by atoms with Gasteiger partial charge in [0.05, 0.1) is 19.4 Å². The molecule has 0 amide bonds. The first-order chi connectivity index (χ1) is 11.3. The van der Waals surface area contributed by atoms with Crippen molar-refractivity contribution in [3.05, 3.63) is 65.4 Å². The summed E-state index contributed by atoms with van der Waals surface area (Å²) in [7, 11) is 1.64. The second-order valence-electron chi connectivity index (χ2n) is 4.90. The molecule has 0 aliphatic rings. The number of nitrogens with zero attached hydrogens (tertiary/aromatic N) is 1. The topological polar surface area (TPSA) is 31.4 Å². The highest BCUT2D eigenvalue weighted by Crippen LogP contribution is 2.26. The Bertz CT molecular complexity index is 771. The Morgan fingerprint density at radius 2 is 1.87 bits per heavy atom. The van der Waals surface area contributed by atoms with E-state index < -0.39 is 0 Å². The predicted molar refractivity (Wildman–Crippen MR) is 89.7 cm³/mol. The van der Waals surface area contributed by atoms with E-state index in [9.17, 15) is 4.39 Å². The predicted octanol–water partition coefficient (Wildman–Crippen LogP) is 4.58. The maximum absolute atomic E-state index is 13.5. The Labute approximate surface area is 138 Å². The Morgan fingerprint density at radius 1 is 1.09 bits per heavy atom. The summed E-state index contributed by atoms with van der Waals surface area (Å²) in [4.78, 5) is 4.59. The molecule has 118 valence electrons. The lowest BCUT2D eigenvalue weighted by Crippen LogP contribution is -2.02. The van der Waals surface area contributed by atoms with Crippen molar-refractivity contribution in [2.45, 2.75) is 6.42 Å². The quantitative estimate of drug-likeness (QED) is 0.663. The average Bonchev–Trinajstić information content (AvgIpc) is 3.06. The van der Waals surface area contributed by atoms with Gasteiger partial charge < -0.3 is 9.47 Å². The number of rotatable bonds is 6. The summed E-state index contributed by atoms with van der Waals surface area (Å²) in [6.07, 6.45) is 0.640. The minimum Gasteiger partial charge on any atom is -0.497 e. The Hall–Kier alpha value is -2.40. The van der Waals surface area contributed by atoms with Crippen LogP contribution in [0.15, 0.2) is 53.9 Å². The highest BCUT2D eigenvalue weighted by Gasteiger charge is 2.06. The molecule has 3 nitrogen and oxygen atoms in total. The van der Waals surface area contributed by atoms with Crippen molar-refractivity contribution in [3.63, 3.8) is 0 Å². The number of halogens is 1. The molecule has 0 saturated carbocycles. The van der Waals surface area contributed by atoms with Crippen molar-refractivity contribution in [2.24, 2.45) is 0 Å². The molecule has 5 heteroatoms. The summed E-state index contributed by atoms with van der Waals surface area (Å²) in [6.45, 7) is 0.396. The minimum atomic E-state index is -0.343. The number of thiazole rings is 1. The van der Waals surface area contributed by atoms with Crippen LogP contribution in [0.4, 0.5) is 4.39 Å². The molecule has 0 spiro atoms. The Kier molecular flexibility index (Phi) is 4.88. The zero-order valence-corrected chi connectivity index (χ0v) is 13.5. The van der Waals surface area contributed by atoms with Crippen LogP contribution < -0.4 is 9.47 Å². The van der Waals surface area contributed by atoms with E-state index in [1.54, 1.807) is 36.6 Å². The highest BCUT2D eigenvalue weighted by atomic mass is 32.1. The smallest absolute Gasteiger partial charge is 0.165 e. The van der Waals surface area contributed by atoms with Gasteiger partial charge in [0.25, 0.3) is 0 Å². The molecule has 3 rings (SSSR count). The molecule has 0 atom stereocenters. The molecule has 0 bridgehead atoms. The van der Waals surface area contributed by atoms with Gasteiger partial charge >= 0.3 is 0 Å². The first-order valence-corrected chi connectivity index (χ1v) is 8.10. The molecule has 0 aliphatic heterocycles. The fourth-order valence-corrected chi connectivity index (χ4v) is 2.98. The summed E-state index contributed by atoms with van der Waals surface area (Å²) >= 11 is 1.58. The van der Waals surface area contributed by atoms with E-state index in [0.717, 1.165) is 22.0 Å². The summed E-state index contributed by atoms with van der Waals surface area (Å²) < 4.78 is 24.1. The van der Waals surface area contributed by atoms with E-state index in [1.165, 1.54) is 6.07 Å². The summed E-state index contributed by atoms with van der Waals surface area (Å²) in [5, 5.41) is 2.96. The molecule has 1 heterocycles. The van der Waals surface area contributed by atoms with Crippen LogP contribution in [0.2, 0.25) is 0 Å². The minimum absolute atomic E-state index is 0.276. The molecule has 3 aromatic rings. The van der Waals surface area contributed by atoms with Gasteiger partial charge in [-0.25, -0.2) is 9.37 Å². The lowest BCUT2D eigenvalue weighted by molar-refractivity contribution is 0.304. The number of aromatic nitrogens is 1. The summed E-state index contributed by atoms with van der Waals surface area (Å²) in [5.41, 5.74) is 1.99. The van der Waals surface area contributed by atoms with Crippen molar-refractivity contribution in [2.75, 3.05) is 13.7 Å². The van der Waals surface area contributed by atoms with Gasteiger partial charge in [-0.3, -0.25) is 0 Å². The van der Waals surface area contributed by atoms with Crippen LogP contribution in [0.1, 0.15) is 5.69 Å². The molecule has 2 aromatic carbocycles. The van der Waals surface area contributed by atoms with Gasteiger partial charge in [0.15, 0.2) is 11.6 Å². The van der Waals surface area contributed by atoms with Gasteiger partial charge in [0.1, 0.15) is 10.8 Å². The van der Waals surface area contributed by atoms with E-state index in [0.29, 0.717) is 13.0 Å². The zero-order valence-electron chi connectivity index (χ0n) is 12.7. The van der Waals surface area contributed by atoms with Crippen LogP contribution in [0.5, 0.6) is 11.5 Å². The van der Waals surface area contributed by atoms with Crippen LogP contribution in [0.3, 0.4) is 0 Å². The average molecular weight is 329 g/mol. The molecule has 0 fully saturated rings. The fraction of sp³-hybridized carbons (Fsp3) is 0.167. The standard InChI is InChI=1S/C18H16FNO2S/c1-21-15-8-6-13(7-9-15)18-20-14(12-23-18)10-11-22-17-5-3-2-4-16(17)19/h2-9,12H,10-11H2,1H3. The number of hydrogen-bond acceptors (Lipinski definition) is 4. The fourth-order valence-electron chi connectivity index (χ4n) is 2.12. The molecule has 0 N–H and O–H groups in total. The largest absolute Gasteiger partial charge is 0.497 e. The lowest BCUT2D eigenvalue weighted by atomic mass is 10.2. The van der Waals surface area contributed by atoms with Crippen molar-refractivity contribution >= 4 is 11.3 Å². The van der Waals surface area contributed by atoms with Crippen LogP contribution in [-0.2, 0) is 6.42 Å². The maximum Gasteiger partial charge on any atom is 0.165 e. The van der Waals surface area contributed by atoms with Crippen molar-refractivity contribution in [1.82, 2.24) is 4.98 Å². The lowest BCUT2D eigenvalue weighted by Gasteiger charge is -2.05. The second kappa shape index (κ2) is 7.24. The number of hydrogen-bond donors (Lipinski definition) is 0. The number of ether oxygens (including phenoxy) is 2. The molecular formula is C18H16FNO2S. The zero-order chi connectivity index (χ0) is 16.1. The normalized spacial score (nSPS) is 10.5. The maximum atomic E-state index is 13.5. The third-order valence-electron chi connectivity index (χ3n) is 3.34. The van der Waals surface area contributed by atoms with Gasteiger partial charge in [0, 0.05) is 17.4 Å². The second-order valence-corrected chi connectivity index (χ2v) is 5.76. The third kappa shape index (κ3) is 3.87. The van der Waals surface area contributed by atoms with E-state index >= 15 is 0 Å². The number of benzene rings is 2. The SMILES string of the molecule is COc1ccc(-c2nc(CCOc3ccccc3F)cs2)cc1. The Morgan fingerprint density at radius 3 is 2.61 bits per heavy atom. The van der Waals surface area contributed by atoms with Crippen molar-refractivity contribution in [3.8, 4) is 22.1 Å². The molecule has 23 heavy (non-hydrogen) atoms. The van der Waals surface area contributed by atoms with Crippen LogP contribution >= 0.6 is 11.3 Å². The molecule has 0 aliphatic carbocycles. The molecular weight excluding hydrogens is 313 g/mol. The van der Waals surface area contributed by atoms with Gasteiger partial charge in [-0.1, -0.05) is 12.1 Å².